The maximum Gasteiger partial charge on any atom is 0.259 e. The zero-order chi connectivity index (χ0) is 14.8. The smallest absolute Gasteiger partial charge is 0.259 e. The van der Waals surface area contributed by atoms with Crippen LogP contribution in [0.4, 0.5) is 0 Å². The van der Waals surface area contributed by atoms with E-state index in [-0.39, 0.29) is 12.2 Å². The lowest BCUT2D eigenvalue weighted by atomic mass is 9.99. The van der Waals surface area contributed by atoms with Gasteiger partial charge in [-0.25, -0.2) is 4.98 Å². The molecule has 0 aliphatic carbocycles. The Labute approximate surface area is 127 Å². The van der Waals surface area contributed by atoms with Crippen LogP contribution in [0.1, 0.15) is 37.1 Å². The number of aryl methyl sites for hydroxylation is 1. The number of aliphatic hydroxyl groups excluding tert-OH is 1. The van der Waals surface area contributed by atoms with Crippen LogP contribution in [0.15, 0.2) is 16.2 Å². The summed E-state index contributed by atoms with van der Waals surface area (Å²) in [5.41, 5.74) is 1.78. The van der Waals surface area contributed by atoms with E-state index in [1.54, 1.807) is 10.5 Å². The molecule has 0 amide bonds. The van der Waals surface area contributed by atoms with Gasteiger partial charge in [-0.1, -0.05) is 6.42 Å². The van der Waals surface area contributed by atoms with Gasteiger partial charge in [0.05, 0.1) is 5.69 Å². The topological polar surface area (TPSA) is 57.8 Å². The van der Waals surface area contributed by atoms with Gasteiger partial charge in [0, 0.05) is 36.3 Å². The predicted octanol–water partition coefficient (Wildman–Crippen LogP) is 1.80. The van der Waals surface area contributed by atoms with Crippen molar-refractivity contribution in [3.63, 3.8) is 0 Å². The van der Waals surface area contributed by atoms with Crippen LogP contribution >= 0.6 is 11.3 Å². The fraction of sp³-hybridized carbons (Fsp3) is 0.600. The third-order valence-corrected chi connectivity index (χ3v) is 5.15. The number of rotatable bonds is 4. The Morgan fingerprint density at radius 3 is 3.14 bits per heavy atom. The van der Waals surface area contributed by atoms with Crippen molar-refractivity contribution in [3.05, 3.63) is 33.2 Å². The minimum atomic E-state index is 0.00414. The molecular formula is C15H21N3O2S. The second kappa shape index (κ2) is 6.25. The Bertz CT molecular complexity index is 677. The molecule has 1 N–H and O–H groups in total. The molecule has 1 aliphatic rings. The molecule has 1 saturated heterocycles. The van der Waals surface area contributed by atoms with Gasteiger partial charge < -0.3 is 5.11 Å². The van der Waals surface area contributed by atoms with E-state index in [1.165, 1.54) is 24.2 Å². The van der Waals surface area contributed by atoms with Gasteiger partial charge in [0.2, 0.25) is 0 Å². The Hall–Kier alpha value is -1.24. The first-order chi connectivity index (χ1) is 10.2. The molecular weight excluding hydrogens is 286 g/mol. The zero-order valence-electron chi connectivity index (χ0n) is 12.3. The van der Waals surface area contributed by atoms with Crippen molar-refractivity contribution in [2.45, 2.75) is 45.2 Å². The minimum Gasteiger partial charge on any atom is -0.396 e. The third kappa shape index (κ3) is 3.02. The summed E-state index contributed by atoms with van der Waals surface area (Å²) in [6, 6.07) is 2.06. The van der Waals surface area contributed by atoms with Crippen LogP contribution in [0, 0.1) is 6.92 Å². The Morgan fingerprint density at radius 1 is 1.48 bits per heavy atom. The average molecular weight is 307 g/mol. The second-order valence-electron chi connectivity index (χ2n) is 5.71. The quantitative estimate of drug-likeness (QED) is 0.936. The van der Waals surface area contributed by atoms with Crippen molar-refractivity contribution in [3.8, 4) is 0 Å². The maximum absolute atomic E-state index is 12.2. The molecule has 0 saturated carbocycles. The van der Waals surface area contributed by atoms with Crippen molar-refractivity contribution in [2.24, 2.45) is 0 Å². The monoisotopic (exact) mass is 307 g/mol. The van der Waals surface area contributed by atoms with Gasteiger partial charge in [0.15, 0.2) is 4.96 Å². The van der Waals surface area contributed by atoms with Crippen LogP contribution in [0.25, 0.3) is 4.96 Å². The van der Waals surface area contributed by atoms with Gasteiger partial charge in [0.25, 0.3) is 5.56 Å². The van der Waals surface area contributed by atoms with E-state index in [0.717, 1.165) is 35.7 Å². The zero-order valence-corrected chi connectivity index (χ0v) is 13.1. The molecule has 3 heterocycles. The van der Waals surface area contributed by atoms with E-state index in [0.29, 0.717) is 12.6 Å². The lowest BCUT2D eigenvalue weighted by Crippen LogP contribution is -2.39. The van der Waals surface area contributed by atoms with E-state index in [1.807, 2.05) is 12.3 Å². The standard InChI is InChI=1S/C15H21N3O2S/c1-11-10-21-15-16-12(8-14(20)18(11)15)9-17-6-3-2-4-13(17)5-7-19/h8,10,13,19H,2-7,9H2,1H3. The number of aliphatic hydroxyl groups is 1. The molecule has 1 atom stereocenters. The molecule has 5 nitrogen and oxygen atoms in total. The van der Waals surface area contributed by atoms with Crippen LogP contribution < -0.4 is 5.56 Å². The summed E-state index contributed by atoms with van der Waals surface area (Å²) in [7, 11) is 0. The number of likely N-dealkylation sites (tertiary alicyclic amines) is 1. The van der Waals surface area contributed by atoms with Gasteiger partial charge >= 0.3 is 0 Å². The fourth-order valence-corrected chi connectivity index (χ4v) is 4.02. The Balaban J connectivity index is 1.85. The highest BCUT2D eigenvalue weighted by atomic mass is 32.1. The van der Waals surface area contributed by atoms with Gasteiger partial charge in [-0.3, -0.25) is 14.1 Å². The summed E-state index contributed by atoms with van der Waals surface area (Å²) in [4.78, 5) is 20.0. The number of aromatic nitrogens is 2. The summed E-state index contributed by atoms with van der Waals surface area (Å²) < 4.78 is 1.66. The normalized spacial score (nSPS) is 20.2. The van der Waals surface area contributed by atoms with Crippen molar-refractivity contribution in [1.82, 2.24) is 14.3 Å². The van der Waals surface area contributed by atoms with Gasteiger partial charge in [0.1, 0.15) is 0 Å². The van der Waals surface area contributed by atoms with E-state index in [9.17, 15) is 9.90 Å². The highest BCUT2D eigenvalue weighted by Gasteiger charge is 2.22. The number of thiazole rings is 1. The first kappa shape index (κ1) is 14.7. The molecule has 6 heteroatoms. The van der Waals surface area contributed by atoms with E-state index >= 15 is 0 Å². The molecule has 114 valence electrons. The molecule has 1 unspecified atom stereocenters. The summed E-state index contributed by atoms with van der Waals surface area (Å²) in [6.45, 7) is 3.87. The van der Waals surface area contributed by atoms with Gasteiger partial charge in [-0.2, -0.15) is 0 Å². The van der Waals surface area contributed by atoms with Crippen molar-refractivity contribution in [2.75, 3.05) is 13.2 Å². The first-order valence-corrected chi connectivity index (χ1v) is 8.38. The second-order valence-corrected chi connectivity index (χ2v) is 6.55. The molecule has 2 aromatic rings. The van der Waals surface area contributed by atoms with Crippen molar-refractivity contribution < 1.29 is 5.11 Å². The fourth-order valence-electron chi connectivity index (χ4n) is 3.13. The number of hydrogen-bond acceptors (Lipinski definition) is 5. The number of hydrogen-bond donors (Lipinski definition) is 1. The SMILES string of the molecule is Cc1csc2nc(CN3CCCCC3CCO)cc(=O)n12. The molecule has 0 aromatic carbocycles. The lowest BCUT2D eigenvalue weighted by molar-refractivity contribution is 0.111. The average Bonchev–Trinajstić information content (AvgIpc) is 2.83. The van der Waals surface area contributed by atoms with Crippen molar-refractivity contribution >= 4 is 16.3 Å². The van der Waals surface area contributed by atoms with Crippen LogP contribution in [0.3, 0.4) is 0 Å². The highest BCUT2D eigenvalue weighted by Crippen LogP contribution is 2.21. The number of piperidine rings is 1. The first-order valence-electron chi connectivity index (χ1n) is 7.50. The predicted molar refractivity (Wildman–Crippen MR) is 83.8 cm³/mol. The van der Waals surface area contributed by atoms with Crippen molar-refractivity contribution in [1.29, 1.82) is 0 Å². The molecule has 21 heavy (non-hydrogen) atoms. The van der Waals surface area contributed by atoms with Gasteiger partial charge in [-0.15, -0.1) is 11.3 Å². The molecule has 3 rings (SSSR count). The summed E-state index contributed by atoms with van der Waals surface area (Å²) in [6.07, 6.45) is 4.33. The Morgan fingerprint density at radius 2 is 2.33 bits per heavy atom. The summed E-state index contributed by atoms with van der Waals surface area (Å²) >= 11 is 1.51. The molecule has 1 fully saturated rings. The number of nitrogens with zero attached hydrogens (tertiary/aromatic N) is 3. The molecule has 0 radical (unpaired) electrons. The Kier molecular flexibility index (Phi) is 4.37. The number of fused-ring (bicyclic) bond motifs is 1. The van der Waals surface area contributed by atoms with Crippen LogP contribution in [0.2, 0.25) is 0 Å². The minimum absolute atomic E-state index is 0.00414. The van der Waals surface area contributed by atoms with Crippen LogP contribution in [-0.2, 0) is 6.54 Å². The summed E-state index contributed by atoms with van der Waals surface area (Å²) in [5, 5.41) is 11.2. The molecule has 0 bridgehead atoms. The van der Waals surface area contributed by atoms with E-state index < -0.39 is 0 Å². The van der Waals surface area contributed by atoms with Gasteiger partial charge in [-0.05, 0) is 32.7 Å². The maximum atomic E-state index is 12.2. The van der Waals surface area contributed by atoms with E-state index in [2.05, 4.69) is 9.88 Å². The molecule has 2 aromatic heterocycles. The summed E-state index contributed by atoms with van der Waals surface area (Å²) in [5.74, 6) is 0. The molecule has 0 spiro atoms. The lowest BCUT2D eigenvalue weighted by Gasteiger charge is -2.35. The third-order valence-electron chi connectivity index (χ3n) is 4.21. The van der Waals surface area contributed by atoms with Crippen LogP contribution in [-0.4, -0.2) is 38.6 Å². The largest absolute Gasteiger partial charge is 0.396 e. The molecule has 1 aliphatic heterocycles. The highest BCUT2D eigenvalue weighted by molar-refractivity contribution is 7.15. The van der Waals surface area contributed by atoms with E-state index in [4.69, 9.17) is 0 Å². The van der Waals surface area contributed by atoms with Crippen LogP contribution in [0.5, 0.6) is 0 Å².